The third-order valence-electron chi connectivity index (χ3n) is 5.84. The molecule has 1 aliphatic heterocycles. The third kappa shape index (κ3) is 3.66. The van der Waals surface area contributed by atoms with E-state index >= 15 is 0 Å². The highest BCUT2D eigenvalue weighted by Crippen LogP contribution is 2.43. The summed E-state index contributed by atoms with van der Waals surface area (Å²) in [6, 6.07) is 9.95. The van der Waals surface area contributed by atoms with Crippen LogP contribution in [-0.4, -0.2) is 37.0 Å². The lowest BCUT2D eigenvalue weighted by molar-refractivity contribution is 0.0593. The second-order valence-corrected chi connectivity index (χ2v) is 9.32. The van der Waals surface area contributed by atoms with Gasteiger partial charge >= 0.3 is 11.9 Å². The number of amides is 1. The minimum atomic E-state index is -0.935. The van der Waals surface area contributed by atoms with Gasteiger partial charge in [-0.05, 0) is 42.8 Å². The molecule has 1 atom stereocenters. The van der Waals surface area contributed by atoms with Gasteiger partial charge in [-0.3, -0.25) is 14.5 Å². The van der Waals surface area contributed by atoms with Crippen LogP contribution in [0.5, 0.6) is 0 Å². The summed E-state index contributed by atoms with van der Waals surface area (Å²) in [5, 5.41) is 0.749. The van der Waals surface area contributed by atoms with Crippen molar-refractivity contribution in [3.63, 3.8) is 0 Å². The molecule has 2 aromatic heterocycles. The Labute approximate surface area is 212 Å². The molecule has 1 unspecified atom stereocenters. The van der Waals surface area contributed by atoms with E-state index < -0.39 is 29.3 Å². The van der Waals surface area contributed by atoms with Crippen LogP contribution in [-0.2, 0) is 9.47 Å². The topological polar surface area (TPSA) is 116 Å². The highest BCUT2D eigenvalue weighted by atomic mass is 35.5. The molecule has 5 rings (SSSR count). The lowest BCUT2D eigenvalue weighted by atomic mass is 9.97. The van der Waals surface area contributed by atoms with Gasteiger partial charge in [-0.1, -0.05) is 35.1 Å². The number of fused-ring (bicyclic) bond motifs is 2. The first kappa shape index (κ1) is 23.7. The number of aryl methyl sites for hydroxylation is 1. The molecular formula is C25H17ClN2O7S. The fourth-order valence-corrected chi connectivity index (χ4v) is 5.33. The summed E-state index contributed by atoms with van der Waals surface area (Å²) in [4.78, 5) is 57.4. The molecule has 0 bridgehead atoms. The average Bonchev–Trinajstić information content (AvgIpc) is 3.41. The minimum absolute atomic E-state index is 0.105. The van der Waals surface area contributed by atoms with Crippen LogP contribution in [0.15, 0.2) is 51.7 Å². The summed E-state index contributed by atoms with van der Waals surface area (Å²) in [7, 11) is 2.53. The number of benzene rings is 2. The number of carbonyl (C=O) groups is 3. The van der Waals surface area contributed by atoms with Crippen molar-refractivity contribution in [2.24, 2.45) is 0 Å². The van der Waals surface area contributed by atoms with Crippen molar-refractivity contribution in [1.29, 1.82) is 0 Å². The standard InChI is InChI=1S/C25H17ClN2O7S/c1-11-21(24(32)34-3)36-25(27-11)28-18(12-4-6-13(7-5-12)23(31)33-2)17-19(29)15-10-14(26)8-9-16(15)35-20(17)22(28)30/h4-10,18H,1-3H3. The van der Waals surface area contributed by atoms with Gasteiger partial charge in [0.25, 0.3) is 5.91 Å². The molecule has 9 nitrogen and oxygen atoms in total. The van der Waals surface area contributed by atoms with Crippen LogP contribution >= 0.6 is 22.9 Å². The van der Waals surface area contributed by atoms with E-state index in [-0.39, 0.29) is 32.3 Å². The Kier molecular flexibility index (Phi) is 5.85. The zero-order valence-corrected chi connectivity index (χ0v) is 20.7. The Morgan fingerprint density at radius 1 is 1.06 bits per heavy atom. The molecule has 11 heteroatoms. The maximum absolute atomic E-state index is 13.7. The van der Waals surface area contributed by atoms with E-state index in [1.165, 1.54) is 43.4 Å². The molecule has 0 N–H and O–H groups in total. The molecule has 36 heavy (non-hydrogen) atoms. The Balaban J connectivity index is 1.75. The maximum Gasteiger partial charge on any atom is 0.350 e. The predicted octanol–water partition coefficient (Wildman–Crippen LogP) is 4.53. The van der Waals surface area contributed by atoms with E-state index in [0.29, 0.717) is 21.8 Å². The fourth-order valence-electron chi connectivity index (χ4n) is 4.14. The molecule has 0 radical (unpaired) electrons. The summed E-state index contributed by atoms with van der Waals surface area (Å²) in [6.45, 7) is 1.62. The van der Waals surface area contributed by atoms with Crippen LogP contribution in [0, 0.1) is 6.92 Å². The van der Waals surface area contributed by atoms with Crippen molar-refractivity contribution in [3.05, 3.63) is 90.7 Å². The molecule has 0 fully saturated rings. The largest absolute Gasteiger partial charge is 0.465 e. The van der Waals surface area contributed by atoms with Gasteiger partial charge in [0.2, 0.25) is 5.76 Å². The number of anilines is 1. The lowest BCUT2D eigenvalue weighted by Gasteiger charge is -2.22. The summed E-state index contributed by atoms with van der Waals surface area (Å²) in [6.07, 6.45) is 0. The smallest absolute Gasteiger partial charge is 0.350 e. The predicted molar refractivity (Wildman–Crippen MR) is 132 cm³/mol. The van der Waals surface area contributed by atoms with Gasteiger partial charge in [0.05, 0.1) is 42.5 Å². The Bertz CT molecular complexity index is 1620. The summed E-state index contributed by atoms with van der Waals surface area (Å²) in [5.74, 6) is -1.84. The number of aromatic nitrogens is 1. The monoisotopic (exact) mass is 524 g/mol. The van der Waals surface area contributed by atoms with E-state index in [9.17, 15) is 19.2 Å². The number of rotatable bonds is 4. The number of halogens is 1. The molecule has 1 aliphatic rings. The van der Waals surface area contributed by atoms with Crippen LogP contribution in [0.2, 0.25) is 5.02 Å². The van der Waals surface area contributed by atoms with Crippen LogP contribution < -0.4 is 10.3 Å². The molecule has 0 saturated heterocycles. The molecule has 4 aromatic rings. The van der Waals surface area contributed by atoms with Crippen molar-refractivity contribution in [3.8, 4) is 0 Å². The Morgan fingerprint density at radius 2 is 1.75 bits per heavy atom. The van der Waals surface area contributed by atoms with Gasteiger partial charge in [-0.2, -0.15) is 0 Å². The molecule has 0 aliphatic carbocycles. The van der Waals surface area contributed by atoms with Crippen molar-refractivity contribution >= 4 is 56.9 Å². The molecule has 182 valence electrons. The van der Waals surface area contributed by atoms with Crippen LogP contribution in [0.1, 0.15) is 53.4 Å². The summed E-state index contributed by atoms with van der Waals surface area (Å²) in [5.41, 5.74) is 1.09. The summed E-state index contributed by atoms with van der Waals surface area (Å²) >= 11 is 7.09. The molecular weight excluding hydrogens is 508 g/mol. The van der Waals surface area contributed by atoms with E-state index in [4.69, 9.17) is 25.5 Å². The first-order chi connectivity index (χ1) is 17.2. The Hall–Kier alpha value is -4.02. The number of methoxy groups -OCH3 is 2. The number of ether oxygens (including phenoxy) is 2. The first-order valence-electron chi connectivity index (χ1n) is 10.6. The van der Waals surface area contributed by atoms with Gasteiger partial charge < -0.3 is 13.9 Å². The van der Waals surface area contributed by atoms with Crippen LogP contribution in [0.25, 0.3) is 11.0 Å². The number of thiazole rings is 1. The number of nitrogens with zero attached hydrogens (tertiary/aromatic N) is 2. The zero-order chi connectivity index (χ0) is 25.7. The number of hydrogen-bond donors (Lipinski definition) is 0. The SMILES string of the molecule is COC(=O)c1ccc(C2c3c(oc4ccc(Cl)cc4c3=O)C(=O)N2c2nc(C)c(C(=O)OC)s2)cc1. The highest BCUT2D eigenvalue weighted by molar-refractivity contribution is 7.17. The van der Waals surface area contributed by atoms with Gasteiger partial charge in [0.15, 0.2) is 10.6 Å². The minimum Gasteiger partial charge on any atom is -0.465 e. The molecule has 3 heterocycles. The van der Waals surface area contributed by atoms with Crippen LogP contribution in [0.4, 0.5) is 5.13 Å². The van der Waals surface area contributed by atoms with E-state index in [0.717, 1.165) is 11.3 Å². The maximum atomic E-state index is 13.7. The van der Waals surface area contributed by atoms with Crippen molar-refractivity contribution in [2.75, 3.05) is 19.1 Å². The van der Waals surface area contributed by atoms with E-state index in [1.807, 2.05) is 0 Å². The van der Waals surface area contributed by atoms with Crippen LogP contribution in [0.3, 0.4) is 0 Å². The second-order valence-electron chi connectivity index (χ2n) is 7.91. The fraction of sp³-hybridized carbons (Fsp3) is 0.160. The van der Waals surface area contributed by atoms with Crippen molar-refractivity contribution in [2.45, 2.75) is 13.0 Å². The average molecular weight is 525 g/mol. The van der Waals surface area contributed by atoms with E-state index in [2.05, 4.69) is 4.98 Å². The highest BCUT2D eigenvalue weighted by Gasteiger charge is 2.45. The Morgan fingerprint density at radius 3 is 2.42 bits per heavy atom. The van der Waals surface area contributed by atoms with Crippen molar-refractivity contribution in [1.82, 2.24) is 4.98 Å². The summed E-state index contributed by atoms with van der Waals surface area (Å²) < 4.78 is 15.5. The number of esters is 2. The molecule has 0 saturated carbocycles. The quantitative estimate of drug-likeness (QED) is 0.357. The van der Waals surface area contributed by atoms with E-state index in [1.54, 1.807) is 25.1 Å². The molecule has 2 aromatic carbocycles. The lowest BCUT2D eigenvalue weighted by Crippen LogP contribution is -2.29. The first-order valence-corrected chi connectivity index (χ1v) is 11.8. The van der Waals surface area contributed by atoms with Gasteiger partial charge in [0.1, 0.15) is 10.5 Å². The normalized spacial score (nSPS) is 14.7. The second kappa shape index (κ2) is 8.89. The molecule has 0 spiro atoms. The van der Waals surface area contributed by atoms with Gasteiger partial charge in [0, 0.05) is 5.02 Å². The van der Waals surface area contributed by atoms with Crippen molar-refractivity contribution < 1.29 is 28.3 Å². The number of hydrogen-bond acceptors (Lipinski definition) is 9. The van der Waals surface area contributed by atoms with Gasteiger partial charge in [-0.15, -0.1) is 0 Å². The van der Waals surface area contributed by atoms with Gasteiger partial charge in [-0.25, -0.2) is 14.6 Å². The third-order valence-corrected chi connectivity index (χ3v) is 7.21. The molecule has 1 amide bonds. The zero-order valence-electron chi connectivity index (χ0n) is 19.2. The number of carbonyl (C=O) groups excluding carboxylic acids is 3.